The van der Waals surface area contributed by atoms with Gasteiger partial charge in [-0.15, -0.1) is 0 Å². The summed E-state index contributed by atoms with van der Waals surface area (Å²) in [5.74, 6) is -1.03. The lowest BCUT2D eigenvalue weighted by Gasteiger charge is -2.17. The molecule has 0 heterocycles. The Morgan fingerprint density at radius 3 is 2.56 bits per heavy atom. The van der Waals surface area contributed by atoms with Crippen LogP contribution in [0.5, 0.6) is 0 Å². The lowest BCUT2D eigenvalue weighted by Crippen LogP contribution is -2.29. The van der Waals surface area contributed by atoms with E-state index < -0.39 is 16.0 Å². The molecule has 0 saturated heterocycles. The molecule has 0 aliphatic rings. The van der Waals surface area contributed by atoms with Crippen molar-refractivity contribution >= 4 is 31.9 Å². The second-order valence-corrected chi connectivity index (χ2v) is 6.77. The first-order chi connectivity index (χ1) is 8.25. The molecule has 0 bridgehead atoms. The number of carbonyl (C=O) groups is 1. The van der Waals surface area contributed by atoms with Gasteiger partial charge in [-0.05, 0) is 40.5 Å². The third-order valence-corrected chi connectivity index (χ3v) is 5.25. The average molecular weight is 336 g/mol. The van der Waals surface area contributed by atoms with Crippen molar-refractivity contribution in [1.82, 2.24) is 4.31 Å². The molecule has 5 nitrogen and oxygen atoms in total. The minimum atomic E-state index is -3.66. The second-order valence-electron chi connectivity index (χ2n) is 3.90. The summed E-state index contributed by atoms with van der Waals surface area (Å²) in [6.07, 6.45) is -0.223. The number of hydrogen-bond acceptors (Lipinski definition) is 3. The normalized spacial score (nSPS) is 11.8. The summed E-state index contributed by atoms with van der Waals surface area (Å²) < 4.78 is 25.9. The molecule has 1 N–H and O–H groups in total. The second kappa shape index (κ2) is 5.81. The van der Waals surface area contributed by atoms with Gasteiger partial charge in [-0.3, -0.25) is 4.79 Å². The van der Waals surface area contributed by atoms with Crippen molar-refractivity contribution in [2.45, 2.75) is 18.2 Å². The smallest absolute Gasteiger partial charge is 0.304 e. The minimum absolute atomic E-state index is 0.0576. The number of benzene rings is 1. The Bertz CT molecular complexity index is 556. The van der Waals surface area contributed by atoms with E-state index in [0.717, 1.165) is 9.87 Å². The first-order valence-corrected chi connectivity index (χ1v) is 7.42. The molecule has 0 fully saturated rings. The lowest BCUT2D eigenvalue weighted by atomic mass is 10.2. The maximum Gasteiger partial charge on any atom is 0.304 e. The van der Waals surface area contributed by atoms with Gasteiger partial charge in [-0.25, -0.2) is 12.7 Å². The van der Waals surface area contributed by atoms with Gasteiger partial charge in [0.25, 0.3) is 0 Å². The molecule has 0 unspecified atom stereocenters. The topological polar surface area (TPSA) is 74.7 Å². The number of aliphatic carboxylic acids is 1. The van der Waals surface area contributed by atoms with E-state index in [9.17, 15) is 13.2 Å². The lowest BCUT2D eigenvalue weighted by molar-refractivity contribution is -0.137. The fourth-order valence-corrected chi connectivity index (χ4v) is 3.68. The first-order valence-electron chi connectivity index (χ1n) is 5.19. The Labute approximate surface area is 115 Å². The van der Waals surface area contributed by atoms with Crippen LogP contribution in [-0.2, 0) is 14.8 Å². The predicted molar refractivity (Wildman–Crippen MR) is 70.9 cm³/mol. The Morgan fingerprint density at radius 1 is 1.44 bits per heavy atom. The standard InChI is InChI=1S/C11H14BrNO4S/c1-8-3-4-10(9(12)7-8)18(16,17)13(2)6-5-11(14)15/h3-4,7H,5-6H2,1-2H3,(H,14,15). The van der Waals surface area contributed by atoms with Gasteiger partial charge in [-0.1, -0.05) is 6.07 Å². The van der Waals surface area contributed by atoms with Crippen LogP contribution in [0.15, 0.2) is 27.6 Å². The maximum atomic E-state index is 12.2. The summed E-state index contributed by atoms with van der Waals surface area (Å²) in [5.41, 5.74) is 0.939. The molecule has 18 heavy (non-hydrogen) atoms. The summed E-state index contributed by atoms with van der Waals surface area (Å²) in [4.78, 5) is 10.6. The molecule has 1 aromatic rings. The molecule has 0 aromatic heterocycles. The fraction of sp³-hybridized carbons (Fsp3) is 0.364. The zero-order chi connectivity index (χ0) is 13.9. The van der Waals surface area contributed by atoms with Gasteiger partial charge in [-0.2, -0.15) is 0 Å². The van der Waals surface area contributed by atoms with E-state index in [0.29, 0.717) is 4.47 Å². The number of aryl methyl sites for hydroxylation is 1. The number of halogens is 1. The highest BCUT2D eigenvalue weighted by molar-refractivity contribution is 9.10. The van der Waals surface area contributed by atoms with Crippen molar-refractivity contribution in [3.05, 3.63) is 28.2 Å². The van der Waals surface area contributed by atoms with Gasteiger partial charge in [0.2, 0.25) is 10.0 Å². The van der Waals surface area contributed by atoms with Crippen LogP contribution in [0.4, 0.5) is 0 Å². The van der Waals surface area contributed by atoms with Gasteiger partial charge in [0.05, 0.1) is 11.3 Å². The Balaban J connectivity index is 3.02. The number of nitrogens with zero attached hydrogens (tertiary/aromatic N) is 1. The zero-order valence-corrected chi connectivity index (χ0v) is 12.5. The van der Waals surface area contributed by atoms with Gasteiger partial charge >= 0.3 is 5.97 Å². The molecule has 0 radical (unpaired) electrons. The zero-order valence-electron chi connectivity index (χ0n) is 10.1. The van der Waals surface area contributed by atoms with Crippen LogP contribution >= 0.6 is 15.9 Å². The monoisotopic (exact) mass is 335 g/mol. The molecular formula is C11H14BrNO4S. The van der Waals surface area contributed by atoms with Crippen LogP contribution < -0.4 is 0 Å². The number of carboxylic acids is 1. The van der Waals surface area contributed by atoms with Crippen molar-refractivity contribution in [1.29, 1.82) is 0 Å². The molecule has 0 amide bonds. The highest BCUT2D eigenvalue weighted by atomic mass is 79.9. The number of rotatable bonds is 5. The van der Waals surface area contributed by atoms with Crippen LogP contribution in [0.2, 0.25) is 0 Å². The van der Waals surface area contributed by atoms with E-state index >= 15 is 0 Å². The molecule has 0 aliphatic carbocycles. The summed E-state index contributed by atoms with van der Waals surface area (Å²) in [6, 6.07) is 4.91. The minimum Gasteiger partial charge on any atom is -0.481 e. The van der Waals surface area contributed by atoms with Gasteiger partial charge in [0, 0.05) is 18.1 Å². The van der Waals surface area contributed by atoms with Gasteiger partial charge < -0.3 is 5.11 Å². The number of hydrogen-bond donors (Lipinski definition) is 1. The highest BCUT2D eigenvalue weighted by Gasteiger charge is 2.23. The molecule has 1 aromatic carbocycles. The van der Waals surface area contributed by atoms with E-state index in [4.69, 9.17) is 5.11 Å². The quantitative estimate of drug-likeness (QED) is 0.891. The molecular weight excluding hydrogens is 322 g/mol. The van der Waals surface area contributed by atoms with Crippen LogP contribution in [0, 0.1) is 6.92 Å². The summed E-state index contributed by atoms with van der Waals surface area (Å²) in [7, 11) is -2.29. The first kappa shape index (κ1) is 15.1. The van der Waals surface area contributed by atoms with Crippen molar-refractivity contribution in [3.8, 4) is 0 Å². The van der Waals surface area contributed by atoms with Crippen molar-refractivity contribution in [2.75, 3.05) is 13.6 Å². The number of carboxylic acid groups (broad SMARTS) is 1. The molecule has 0 atom stereocenters. The summed E-state index contributed by atoms with van der Waals surface area (Å²) >= 11 is 3.21. The van der Waals surface area contributed by atoms with Crippen molar-refractivity contribution in [3.63, 3.8) is 0 Å². The van der Waals surface area contributed by atoms with Crippen molar-refractivity contribution < 1.29 is 18.3 Å². The maximum absolute atomic E-state index is 12.2. The van der Waals surface area contributed by atoms with E-state index in [2.05, 4.69) is 15.9 Å². The Hall–Kier alpha value is -0.920. The summed E-state index contributed by atoms with van der Waals surface area (Å²) in [6.45, 7) is 1.80. The van der Waals surface area contributed by atoms with Crippen LogP contribution in [0.1, 0.15) is 12.0 Å². The molecule has 100 valence electrons. The summed E-state index contributed by atoms with van der Waals surface area (Å²) in [5, 5.41) is 8.56. The van der Waals surface area contributed by atoms with Crippen LogP contribution in [0.25, 0.3) is 0 Å². The molecule has 0 spiro atoms. The van der Waals surface area contributed by atoms with Gasteiger partial charge in [0.1, 0.15) is 0 Å². The molecule has 0 saturated carbocycles. The highest BCUT2D eigenvalue weighted by Crippen LogP contribution is 2.25. The van der Waals surface area contributed by atoms with Gasteiger partial charge in [0.15, 0.2) is 0 Å². The number of sulfonamides is 1. The fourth-order valence-electron chi connectivity index (χ4n) is 1.36. The van der Waals surface area contributed by atoms with E-state index in [1.807, 2.05) is 6.92 Å². The Morgan fingerprint density at radius 2 is 2.06 bits per heavy atom. The third-order valence-electron chi connectivity index (χ3n) is 2.42. The molecule has 1 rings (SSSR count). The largest absolute Gasteiger partial charge is 0.481 e. The predicted octanol–water partition coefficient (Wildman–Crippen LogP) is 1.85. The Kier molecular flexibility index (Phi) is 4.89. The third kappa shape index (κ3) is 3.54. The molecule has 7 heteroatoms. The van der Waals surface area contributed by atoms with Crippen molar-refractivity contribution in [2.24, 2.45) is 0 Å². The van der Waals surface area contributed by atoms with E-state index in [1.54, 1.807) is 12.1 Å². The van der Waals surface area contributed by atoms with Crippen LogP contribution in [0.3, 0.4) is 0 Å². The van der Waals surface area contributed by atoms with Crippen LogP contribution in [-0.4, -0.2) is 37.4 Å². The average Bonchev–Trinajstić information content (AvgIpc) is 2.24. The molecule has 0 aliphatic heterocycles. The van der Waals surface area contributed by atoms with E-state index in [-0.39, 0.29) is 17.9 Å². The SMILES string of the molecule is Cc1ccc(S(=O)(=O)N(C)CCC(=O)O)c(Br)c1. The van der Waals surface area contributed by atoms with E-state index in [1.165, 1.54) is 13.1 Å².